The van der Waals surface area contributed by atoms with Crippen LogP contribution in [-0.2, 0) is 4.79 Å². The van der Waals surface area contributed by atoms with Gasteiger partial charge < -0.3 is 5.11 Å². The molecule has 0 aromatic heterocycles. The molecule has 0 bridgehead atoms. The molecule has 110 valence electrons. The van der Waals surface area contributed by atoms with Gasteiger partial charge in [-0.3, -0.25) is 25.3 Å². The van der Waals surface area contributed by atoms with Crippen LogP contribution in [0.15, 0.2) is 30.3 Å². The molecule has 0 spiro atoms. The fraction of sp³-hybridized carbons (Fsp3) is 0.429. The third-order valence-electron chi connectivity index (χ3n) is 3.15. The van der Waals surface area contributed by atoms with E-state index >= 15 is 0 Å². The van der Waals surface area contributed by atoms with Crippen LogP contribution in [0, 0.1) is 0 Å². The Balaban J connectivity index is 2.43. The molecule has 1 aromatic rings. The van der Waals surface area contributed by atoms with E-state index in [9.17, 15) is 14.7 Å². The van der Waals surface area contributed by atoms with Gasteiger partial charge in [0.05, 0.1) is 13.2 Å². The molecule has 1 rings (SSSR count). The van der Waals surface area contributed by atoms with Gasteiger partial charge in [0.1, 0.15) is 0 Å². The minimum absolute atomic E-state index is 0.0623. The van der Waals surface area contributed by atoms with E-state index in [0.29, 0.717) is 5.56 Å². The highest BCUT2D eigenvalue weighted by molar-refractivity contribution is 5.95. The SMILES string of the molecule is CN(CC(=O)NNC(=O)c1ccccc1)C(C)(C)CO. The predicted octanol–water partition coefficient (Wildman–Crippen LogP) is 0.150. The van der Waals surface area contributed by atoms with E-state index in [1.807, 2.05) is 13.8 Å². The number of likely N-dealkylation sites (N-methyl/N-ethyl adjacent to an activating group) is 1. The first-order valence-corrected chi connectivity index (χ1v) is 6.33. The lowest BCUT2D eigenvalue weighted by Gasteiger charge is -2.33. The molecule has 0 saturated carbocycles. The Hall–Kier alpha value is -1.92. The number of hydrogen-bond donors (Lipinski definition) is 3. The van der Waals surface area contributed by atoms with Gasteiger partial charge in [-0.1, -0.05) is 18.2 Å². The van der Waals surface area contributed by atoms with Crippen molar-refractivity contribution in [1.29, 1.82) is 0 Å². The average Bonchev–Trinajstić information content (AvgIpc) is 2.45. The lowest BCUT2D eigenvalue weighted by Crippen LogP contribution is -2.51. The molecule has 0 unspecified atom stereocenters. The normalized spacial score (nSPS) is 11.2. The summed E-state index contributed by atoms with van der Waals surface area (Å²) in [7, 11) is 1.73. The number of nitrogens with zero attached hydrogens (tertiary/aromatic N) is 1. The monoisotopic (exact) mass is 279 g/mol. The fourth-order valence-corrected chi connectivity index (χ4v) is 1.38. The first kappa shape index (κ1) is 16.1. The van der Waals surface area contributed by atoms with E-state index in [4.69, 9.17) is 0 Å². The zero-order valence-electron chi connectivity index (χ0n) is 12.0. The molecule has 0 aliphatic rings. The smallest absolute Gasteiger partial charge is 0.269 e. The number of hydrazine groups is 1. The molecular weight excluding hydrogens is 258 g/mol. The fourth-order valence-electron chi connectivity index (χ4n) is 1.38. The maximum Gasteiger partial charge on any atom is 0.269 e. The van der Waals surface area contributed by atoms with Crippen molar-refractivity contribution in [3.8, 4) is 0 Å². The standard InChI is InChI=1S/C14H21N3O3/c1-14(2,10-18)17(3)9-12(19)15-16-13(20)11-7-5-4-6-8-11/h4-8,18H,9-10H2,1-3H3,(H,15,19)(H,16,20). The summed E-state index contributed by atoms with van der Waals surface area (Å²) >= 11 is 0. The van der Waals surface area contributed by atoms with Gasteiger partial charge in [0.2, 0.25) is 0 Å². The topological polar surface area (TPSA) is 81.7 Å². The molecule has 0 aliphatic carbocycles. The molecule has 2 amide bonds. The Labute approximate surface area is 118 Å². The van der Waals surface area contributed by atoms with Gasteiger partial charge in [0.15, 0.2) is 0 Å². The number of amides is 2. The van der Waals surface area contributed by atoms with E-state index in [2.05, 4.69) is 10.9 Å². The van der Waals surface area contributed by atoms with E-state index in [1.54, 1.807) is 42.3 Å². The van der Waals surface area contributed by atoms with Crippen molar-refractivity contribution in [2.75, 3.05) is 20.2 Å². The van der Waals surface area contributed by atoms with Crippen LogP contribution in [-0.4, -0.2) is 47.6 Å². The van der Waals surface area contributed by atoms with Crippen LogP contribution in [0.1, 0.15) is 24.2 Å². The second-order valence-corrected chi connectivity index (χ2v) is 5.19. The zero-order valence-corrected chi connectivity index (χ0v) is 12.0. The number of nitrogens with one attached hydrogen (secondary N) is 2. The third kappa shape index (κ3) is 4.64. The number of aliphatic hydroxyl groups excluding tert-OH is 1. The molecule has 0 heterocycles. The quantitative estimate of drug-likeness (QED) is 0.670. The predicted molar refractivity (Wildman–Crippen MR) is 75.8 cm³/mol. The minimum atomic E-state index is -0.499. The van der Waals surface area contributed by atoms with Crippen molar-refractivity contribution in [3.05, 3.63) is 35.9 Å². The second kappa shape index (κ2) is 7.02. The van der Waals surface area contributed by atoms with Gasteiger partial charge >= 0.3 is 0 Å². The summed E-state index contributed by atoms with van der Waals surface area (Å²) in [5.74, 6) is -0.721. The molecule has 6 heteroatoms. The molecule has 0 atom stereocenters. The Morgan fingerprint density at radius 2 is 1.80 bits per heavy atom. The highest BCUT2D eigenvalue weighted by atomic mass is 16.3. The van der Waals surface area contributed by atoms with Crippen molar-refractivity contribution >= 4 is 11.8 Å². The minimum Gasteiger partial charge on any atom is -0.394 e. The van der Waals surface area contributed by atoms with Crippen LogP contribution in [0.3, 0.4) is 0 Å². The third-order valence-corrected chi connectivity index (χ3v) is 3.15. The first-order chi connectivity index (χ1) is 9.36. The van der Waals surface area contributed by atoms with Gasteiger partial charge in [-0.25, -0.2) is 0 Å². The first-order valence-electron chi connectivity index (χ1n) is 6.33. The Bertz CT molecular complexity index is 460. The zero-order chi connectivity index (χ0) is 15.2. The maximum atomic E-state index is 11.7. The van der Waals surface area contributed by atoms with Gasteiger partial charge in [-0.15, -0.1) is 0 Å². The molecule has 3 N–H and O–H groups in total. The van der Waals surface area contributed by atoms with Crippen LogP contribution < -0.4 is 10.9 Å². The van der Waals surface area contributed by atoms with Crippen molar-refractivity contribution in [1.82, 2.24) is 15.8 Å². The molecule has 0 radical (unpaired) electrons. The lowest BCUT2D eigenvalue weighted by molar-refractivity contribution is -0.124. The molecule has 20 heavy (non-hydrogen) atoms. The Morgan fingerprint density at radius 1 is 1.20 bits per heavy atom. The number of hydrogen-bond acceptors (Lipinski definition) is 4. The van der Waals surface area contributed by atoms with Gasteiger partial charge in [-0.05, 0) is 33.0 Å². The van der Waals surface area contributed by atoms with E-state index in [-0.39, 0.29) is 25.0 Å². The maximum absolute atomic E-state index is 11.7. The molecule has 0 aliphatic heterocycles. The van der Waals surface area contributed by atoms with Crippen LogP contribution in [0.25, 0.3) is 0 Å². The lowest BCUT2D eigenvalue weighted by atomic mass is 10.1. The second-order valence-electron chi connectivity index (χ2n) is 5.19. The van der Waals surface area contributed by atoms with E-state index in [1.165, 1.54) is 0 Å². The van der Waals surface area contributed by atoms with Crippen molar-refractivity contribution in [3.63, 3.8) is 0 Å². The Kier molecular flexibility index (Phi) is 5.66. The number of rotatable bonds is 5. The summed E-state index contributed by atoms with van der Waals surface area (Å²) < 4.78 is 0. The summed E-state index contributed by atoms with van der Waals surface area (Å²) in [4.78, 5) is 25.1. The summed E-state index contributed by atoms with van der Waals surface area (Å²) in [6, 6.07) is 8.61. The molecule has 0 fully saturated rings. The van der Waals surface area contributed by atoms with Gasteiger partial charge in [0, 0.05) is 11.1 Å². The van der Waals surface area contributed by atoms with Gasteiger partial charge in [0.25, 0.3) is 11.8 Å². The van der Waals surface area contributed by atoms with Crippen LogP contribution in [0.2, 0.25) is 0 Å². The number of benzene rings is 1. The average molecular weight is 279 g/mol. The van der Waals surface area contributed by atoms with Crippen molar-refractivity contribution in [2.45, 2.75) is 19.4 Å². The molecule has 6 nitrogen and oxygen atoms in total. The van der Waals surface area contributed by atoms with Crippen LogP contribution in [0.4, 0.5) is 0 Å². The van der Waals surface area contributed by atoms with Crippen molar-refractivity contribution < 1.29 is 14.7 Å². The van der Waals surface area contributed by atoms with Gasteiger partial charge in [-0.2, -0.15) is 0 Å². The highest BCUT2D eigenvalue weighted by Crippen LogP contribution is 2.09. The van der Waals surface area contributed by atoms with Crippen LogP contribution >= 0.6 is 0 Å². The summed E-state index contributed by atoms with van der Waals surface area (Å²) in [5, 5.41) is 9.20. The number of carbonyl (C=O) groups is 2. The molecular formula is C14H21N3O3. The number of carbonyl (C=O) groups excluding carboxylic acids is 2. The number of aliphatic hydroxyl groups is 1. The molecule has 0 saturated heterocycles. The largest absolute Gasteiger partial charge is 0.394 e. The summed E-state index contributed by atoms with van der Waals surface area (Å²) in [6.45, 7) is 3.65. The van der Waals surface area contributed by atoms with Crippen molar-refractivity contribution in [2.24, 2.45) is 0 Å². The molecule has 1 aromatic carbocycles. The van der Waals surface area contributed by atoms with E-state index < -0.39 is 5.54 Å². The summed E-state index contributed by atoms with van der Waals surface area (Å²) in [6.07, 6.45) is 0. The van der Waals surface area contributed by atoms with E-state index in [0.717, 1.165) is 0 Å². The summed E-state index contributed by atoms with van der Waals surface area (Å²) in [5.41, 5.74) is 4.66. The highest BCUT2D eigenvalue weighted by Gasteiger charge is 2.24. The Morgan fingerprint density at radius 3 is 2.35 bits per heavy atom. The van der Waals surface area contributed by atoms with Crippen LogP contribution in [0.5, 0.6) is 0 Å².